The maximum atomic E-state index is 12.8. The summed E-state index contributed by atoms with van der Waals surface area (Å²) in [5.74, 6) is -0.774. The van der Waals surface area contributed by atoms with Crippen LogP contribution in [0.3, 0.4) is 0 Å². The molecule has 1 saturated heterocycles. The van der Waals surface area contributed by atoms with E-state index in [9.17, 15) is 26.4 Å². The first-order valence-electron chi connectivity index (χ1n) is 8.95. The summed E-state index contributed by atoms with van der Waals surface area (Å²) in [4.78, 5) is 14.2. The number of amides is 1. The van der Waals surface area contributed by atoms with Crippen molar-refractivity contribution in [1.29, 1.82) is 0 Å². The third kappa shape index (κ3) is 4.08. The van der Waals surface area contributed by atoms with E-state index in [2.05, 4.69) is 10.0 Å². The van der Waals surface area contributed by atoms with E-state index in [-0.39, 0.29) is 17.9 Å². The van der Waals surface area contributed by atoms with Crippen molar-refractivity contribution in [2.75, 3.05) is 16.8 Å². The first kappa shape index (κ1) is 19.7. The van der Waals surface area contributed by atoms with Gasteiger partial charge in [0.05, 0.1) is 22.7 Å². The Morgan fingerprint density at radius 3 is 2.66 bits per heavy atom. The van der Waals surface area contributed by atoms with E-state index in [4.69, 9.17) is 0 Å². The summed E-state index contributed by atoms with van der Waals surface area (Å²) >= 11 is 0. The minimum Gasteiger partial charge on any atom is -0.356 e. The second-order valence-electron chi connectivity index (χ2n) is 7.18. The molecule has 2 aromatic rings. The van der Waals surface area contributed by atoms with Crippen molar-refractivity contribution in [3.8, 4) is 0 Å². The molecule has 2 heterocycles. The van der Waals surface area contributed by atoms with Crippen LogP contribution >= 0.6 is 0 Å². The zero-order valence-electron chi connectivity index (χ0n) is 15.1. The van der Waals surface area contributed by atoms with Crippen LogP contribution in [0.4, 0.5) is 24.5 Å². The van der Waals surface area contributed by atoms with Gasteiger partial charge in [0.1, 0.15) is 6.04 Å². The number of halogens is 3. The molecule has 2 atom stereocenters. The average Bonchev–Trinajstić information content (AvgIpc) is 3.04. The summed E-state index contributed by atoms with van der Waals surface area (Å²) < 4.78 is 66.2. The molecule has 0 saturated carbocycles. The molecule has 6 nitrogen and oxygen atoms in total. The predicted octanol–water partition coefficient (Wildman–Crippen LogP) is 2.72. The molecule has 2 N–H and O–H groups in total. The molecule has 154 valence electrons. The van der Waals surface area contributed by atoms with Crippen LogP contribution in [-0.4, -0.2) is 33.0 Å². The molecule has 2 aliphatic rings. The lowest BCUT2D eigenvalue weighted by atomic mass is 10.1. The van der Waals surface area contributed by atoms with Crippen LogP contribution in [0.25, 0.3) is 0 Å². The fraction of sp³-hybridized carbons (Fsp3) is 0.316. The second-order valence-corrected chi connectivity index (χ2v) is 8.94. The van der Waals surface area contributed by atoms with Gasteiger partial charge in [0.25, 0.3) is 0 Å². The fourth-order valence-electron chi connectivity index (χ4n) is 3.83. The highest BCUT2D eigenvalue weighted by molar-refractivity contribution is 7.88. The minimum absolute atomic E-state index is 0.0473. The van der Waals surface area contributed by atoms with Crippen molar-refractivity contribution < 1.29 is 26.4 Å². The number of carbonyl (C=O) groups excluding carboxylic acids is 1. The van der Waals surface area contributed by atoms with Gasteiger partial charge in [-0.2, -0.15) is 13.2 Å². The first-order valence-corrected chi connectivity index (χ1v) is 10.6. The topological polar surface area (TPSA) is 78.5 Å². The van der Waals surface area contributed by atoms with E-state index in [1.54, 1.807) is 12.1 Å². The van der Waals surface area contributed by atoms with Crippen LogP contribution in [0.1, 0.15) is 17.5 Å². The summed E-state index contributed by atoms with van der Waals surface area (Å²) in [6, 6.07) is 10.5. The van der Waals surface area contributed by atoms with Gasteiger partial charge in [0, 0.05) is 12.6 Å². The van der Waals surface area contributed by atoms with E-state index >= 15 is 0 Å². The summed E-state index contributed by atoms with van der Waals surface area (Å²) in [6.07, 6.45) is -4.26. The van der Waals surface area contributed by atoms with Gasteiger partial charge < -0.3 is 10.2 Å². The molecular formula is C19H18F3N3O3S. The molecule has 1 amide bonds. The number of carbonyl (C=O) groups is 1. The van der Waals surface area contributed by atoms with Crippen LogP contribution in [0, 0.1) is 0 Å². The molecule has 0 aliphatic carbocycles. The quantitative estimate of drug-likeness (QED) is 0.790. The molecule has 1 fully saturated rings. The highest BCUT2D eigenvalue weighted by Crippen LogP contribution is 2.36. The Labute approximate surface area is 165 Å². The van der Waals surface area contributed by atoms with E-state index in [1.807, 2.05) is 17.0 Å². The van der Waals surface area contributed by atoms with Crippen molar-refractivity contribution in [3.63, 3.8) is 0 Å². The third-order valence-electron chi connectivity index (χ3n) is 5.03. The predicted molar refractivity (Wildman–Crippen MR) is 102 cm³/mol. The summed E-state index contributed by atoms with van der Waals surface area (Å²) in [7, 11) is -3.89. The number of benzene rings is 2. The Hall–Kier alpha value is -2.59. The monoisotopic (exact) mass is 425 g/mol. The van der Waals surface area contributed by atoms with E-state index in [0.717, 1.165) is 17.8 Å². The van der Waals surface area contributed by atoms with Gasteiger partial charge in [-0.1, -0.05) is 30.3 Å². The molecule has 2 aliphatic heterocycles. The van der Waals surface area contributed by atoms with E-state index in [0.29, 0.717) is 12.2 Å². The number of hydrogen-bond acceptors (Lipinski definition) is 4. The molecule has 29 heavy (non-hydrogen) atoms. The summed E-state index contributed by atoms with van der Waals surface area (Å²) in [6.45, 7) is 0.303. The number of anilines is 2. The van der Waals surface area contributed by atoms with Gasteiger partial charge in [-0.3, -0.25) is 4.79 Å². The van der Waals surface area contributed by atoms with Gasteiger partial charge in [-0.15, -0.1) is 0 Å². The Bertz CT molecular complexity index is 1060. The molecule has 2 unspecified atom stereocenters. The number of hydrogen-bond donors (Lipinski definition) is 2. The molecule has 4 rings (SSSR count). The standard InChI is InChI=1S/C19H18F3N3O3S/c20-19(21,22)13-5-3-4-12(8-13)11-29(27,28)24-14-9-17-18(26)23-15-6-1-2-7-16(15)25(17)10-14/h1-8,14,17,24H,9-11H2,(H,23,26). The van der Waals surface area contributed by atoms with Crippen LogP contribution in [0.15, 0.2) is 48.5 Å². The van der Waals surface area contributed by atoms with Crippen molar-refractivity contribution in [2.24, 2.45) is 0 Å². The normalized spacial score (nSPS) is 21.5. The van der Waals surface area contributed by atoms with Crippen LogP contribution in [0.2, 0.25) is 0 Å². The summed E-state index contributed by atoms with van der Waals surface area (Å²) in [5, 5.41) is 2.81. The van der Waals surface area contributed by atoms with Crippen molar-refractivity contribution in [3.05, 3.63) is 59.7 Å². The lowest BCUT2D eigenvalue weighted by Crippen LogP contribution is -2.44. The smallest absolute Gasteiger partial charge is 0.356 e. The number of nitrogens with one attached hydrogen (secondary N) is 2. The number of para-hydroxylation sites is 2. The fourth-order valence-corrected chi connectivity index (χ4v) is 5.21. The molecule has 2 aromatic carbocycles. The molecule has 0 bridgehead atoms. The lowest BCUT2D eigenvalue weighted by molar-refractivity contribution is -0.137. The second kappa shape index (κ2) is 7.03. The third-order valence-corrected chi connectivity index (χ3v) is 6.44. The number of fused-ring (bicyclic) bond motifs is 3. The highest BCUT2D eigenvalue weighted by atomic mass is 32.2. The van der Waals surface area contributed by atoms with Gasteiger partial charge in [0.2, 0.25) is 15.9 Å². The van der Waals surface area contributed by atoms with Crippen LogP contribution in [-0.2, 0) is 26.7 Å². The molecular weight excluding hydrogens is 407 g/mol. The Balaban J connectivity index is 1.48. The van der Waals surface area contributed by atoms with Crippen molar-refractivity contribution in [1.82, 2.24) is 4.72 Å². The lowest BCUT2D eigenvalue weighted by Gasteiger charge is -2.32. The molecule has 10 heteroatoms. The van der Waals surface area contributed by atoms with Crippen LogP contribution < -0.4 is 14.9 Å². The van der Waals surface area contributed by atoms with Crippen LogP contribution in [0.5, 0.6) is 0 Å². The maximum Gasteiger partial charge on any atom is 0.416 e. The first-order chi connectivity index (χ1) is 13.6. The molecule has 0 spiro atoms. The maximum absolute atomic E-state index is 12.8. The molecule has 0 radical (unpaired) electrons. The molecule has 0 aromatic heterocycles. The largest absolute Gasteiger partial charge is 0.416 e. The summed E-state index contributed by atoms with van der Waals surface area (Å²) in [5.41, 5.74) is 0.639. The van der Waals surface area contributed by atoms with Gasteiger partial charge >= 0.3 is 6.18 Å². The Morgan fingerprint density at radius 1 is 1.14 bits per heavy atom. The van der Waals surface area contributed by atoms with E-state index in [1.165, 1.54) is 12.1 Å². The highest BCUT2D eigenvalue weighted by Gasteiger charge is 2.42. The van der Waals surface area contributed by atoms with Crippen molar-refractivity contribution >= 4 is 27.3 Å². The number of alkyl halides is 3. The number of sulfonamides is 1. The van der Waals surface area contributed by atoms with E-state index < -0.39 is 39.6 Å². The Kier molecular flexibility index (Phi) is 4.78. The van der Waals surface area contributed by atoms with Gasteiger partial charge in [0.15, 0.2) is 0 Å². The van der Waals surface area contributed by atoms with Crippen molar-refractivity contribution in [2.45, 2.75) is 30.4 Å². The SMILES string of the molecule is O=C1Nc2ccccc2N2CC(NS(=O)(=O)Cc3cccc(C(F)(F)F)c3)CC12. The number of nitrogens with zero attached hydrogens (tertiary/aromatic N) is 1. The number of rotatable bonds is 4. The van der Waals surface area contributed by atoms with Gasteiger partial charge in [-0.25, -0.2) is 13.1 Å². The van der Waals surface area contributed by atoms with Gasteiger partial charge in [-0.05, 0) is 30.2 Å². The Morgan fingerprint density at radius 2 is 1.90 bits per heavy atom. The minimum atomic E-state index is -4.54. The zero-order chi connectivity index (χ0) is 20.8. The zero-order valence-corrected chi connectivity index (χ0v) is 15.9. The average molecular weight is 425 g/mol.